The molecule has 1 rings (SSSR count). The quantitative estimate of drug-likeness (QED) is 0.648. The lowest BCUT2D eigenvalue weighted by Gasteiger charge is -2.31. The smallest absolute Gasteiger partial charge is 0.0110 e. The fourth-order valence-electron chi connectivity index (χ4n) is 2.51. The predicted octanol–water partition coefficient (Wildman–Crippen LogP) is -1.61. The fraction of sp³-hybridized carbons (Fsp3) is 1.00. The molecule has 1 aliphatic heterocycles. The van der Waals surface area contributed by atoms with Crippen LogP contribution in [-0.4, -0.2) is 112 Å². The largest absolute Gasteiger partial charge is 0.329 e. The van der Waals surface area contributed by atoms with Gasteiger partial charge in [-0.3, -0.25) is 9.80 Å². The number of nitrogens with zero attached hydrogens (tertiary/aromatic N) is 4. The van der Waals surface area contributed by atoms with Crippen LogP contribution in [0.4, 0.5) is 0 Å². The van der Waals surface area contributed by atoms with Gasteiger partial charge in [-0.15, -0.1) is 0 Å². The first kappa shape index (κ1) is 17.8. The lowest BCUT2D eigenvalue weighted by atomic mass is 10.3. The number of hydrogen-bond donors (Lipinski definition) is 2. The Bertz CT molecular complexity index is 198. The molecule has 0 bridgehead atoms. The maximum absolute atomic E-state index is 5.71. The van der Waals surface area contributed by atoms with Crippen LogP contribution in [0, 0.1) is 0 Å². The van der Waals surface area contributed by atoms with Crippen molar-refractivity contribution in [1.29, 1.82) is 0 Å². The third kappa shape index (κ3) is 7.52. The minimum atomic E-state index is 0.748. The summed E-state index contributed by atoms with van der Waals surface area (Å²) in [4.78, 5) is 9.79. The molecule has 0 radical (unpaired) electrons. The third-order valence-electron chi connectivity index (χ3n) is 4.08. The predicted molar refractivity (Wildman–Crippen MR) is 86.0 cm³/mol. The van der Waals surface area contributed by atoms with E-state index in [0.717, 1.165) is 78.5 Å². The lowest BCUT2D eigenvalue weighted by Crippen LogP contribution is -2.45. The van der Waals surface area contributed by atoms with Gasteiger partial charge in [-0.1, -0.05) is 0 Å². The second-order valence-electron chi connectivity index (χ2n) is 5.87. The van der Waals surface area contributed by atoms with E-state index in [2.05, 4.69) is 33.7 Å². The maximum atomic E-state index is 5.71. The minimum Gasteiger partial charge on any atom is -0.329 e. The number of nitrogens with two attached hydrogens (primary N) is 2. The van der Waals surface area contributed by atoms with E-state index in [0.29, 0.717) is 0 Å². The van der Waals surface area contributed by atoms with Crippen LogP contribution in [-0.2, 0) is 0 Å². The molecule has 20 heavy (non-hydrogen) atoms. The van der Waals surface area contributed by atoms with Crippen LogP contribution in [0.25, 0.3) is 0 Å². The van der Waals surface area contributed by atoms with E-state index >= 15 is 0 Å². The number of likely N-dealkylation sites (N-methyl/N-ethyl adjacent to an activating group) is 2. The van der Waals surface area contributed by atoms with Crippen LogP contribution in [0.2, 0.25) is 0 Å². The Balaban J connectivity index is 2.50. The molecule has 1 aliphatic rings. The molecule has 1 heterocycles. The lowest BCUT2D eigenvalue weighted by molar-refractivity contribution is 0.157. The van der Waals surface area contributed by atoms with Crippen molar-refractivity contribution in [2.45, 2.75) is 0 Å². The highest BCUT2D eigenvalue weighted by Crippen LogP contribution is 1.97. The normalized spacial score (nSPS) is 23.4. The highest BCUT2D eigenvalue weighted by molar-refractivity contribution is 4.69. The molecule has 0 saturated carbocycles. The first-order valence-corrected chi connectivity index (χ1v) is 7.87. The summed E-state index contributed by atoms with van der Waals surface area (Å²) < 4.78 is 0. The van der Waals surface area contributed by atoms with Gasteiger partial charge in [0.25, 0.3) is 0 Å². The number of rotatable bonds is 4. The van der Waals surface area contributed by atoms with Gasteiger partial charge in [0.1, 0.15) is 0 Å². The molecule has 0 aliphatic carbocycles. The summed E-state index contributed by atoms with van der Waals surface area (Å²) in [7, 11) is 4.41. The SMILES string of the molecule is CN1CCN(CCN)CCN(C)CCN(CCN)CC1. The molecule has 6 heteroatoms. The van der Waals surface area contributed by atoms with E-state index in [1.54, 1.807) is 0 Å². The average Bonchev–Trinajstić information content (AvgIpc) is 2.43. The second-order valence-corrected chi connectivity index (χ2v) is 5.87. The van der Waals surface area contributed by atoms with Gasteiger partial charge in [-0.25, -0.2) is 0 Å². The zero-order valence-electron chi connectivity index (χ0n) is 13.4. The molecule has 6 nitrogen and oxygen atoms in total. The van der Waals surface area contributed by atoms with Crippen LogP contribution in [0.3, 0.4) is 0 Å². The van der Waals surface area contributed by atoms with Crippen LogP contribution in [0.15, 0.2) is 0 Å². The Hall–Kier alpha value is -0.240. The first-order valence-electron chi connectivity index (χ1n) is 7.87. The van der Waals surface area contributed by atoms with Crippen molar-refractivity contribution < 1.29 is 0 Å². The van der Waals surface area contributed by atoms with Crippen LogP contribution >= 0.6 is 0 Å². The van der Waals surface area contributed by atoms with Gasteiger partial charge in [0.2, 0.25) is 0 Å². The fourth-order valence-corrected chi connectivity index (χ4v) is 2.51. The molecule has 0 unspecified atom stereocenters. The summed E-state index contributed by atoms with van der Waals surface area (Å²) in [5, 5.41) is 0. The van der Waals surface area contributed by atoms with Gasteiger partial charge in [-0.05, 0) is 14.1 Å². The minimum absolute atomic E-state index is 0.748. The zero-order valence-corrected chi connectivity index (χ0v) is 13.4. The summed E-state index contributed by atoms with van der Waals surface area (Å²) in [5.41, 5.74) is 11.4. The van der Waals surface area contributed by atoms with Crippen molar-refractivity contribution in [1.82, 2.24) is 19.6 Å². The van der Waals surface area contributed by atoms with Crippen LogP contribution in [0.1, 0.15) is 0 Å². The van der Waals surface area contributed by atoms with Gasteiger partial charge in [0.15, 0.2) is 0 Å². The molecule has 0 spiro atoms. The maximum Gasteiger partial charge on any atom is 0.0110 e. The van der Waals surface area contributed by atoms with Gasteiger partial charge >= 0.3 is 0 Å². The molecule has 0 atom stereocenters. The highest BCUT2D eigenvalue weighted by Gasteiger charge is 2.12. The molecule has 4 N–H and O–H groups in total. The monoisotopic (exact) mass is 286 g/mol. The average molecular weight is 286 g/mol. The molecular weight excluding hydrogens is 252 g/mol. The third-order valence-corrected chi connectivity index (χ3v) is 4.08. The molecule has 1 saturated heterocycles. The zero-order chi connectivity index (χ0) is 14.8. The molecular formula is C14H34N6. The summed E-state index contributed by atoms with van der Waals surface area (Å²) in [6.07, 6.45) is 0. The molecule has 120 valence electrons. The summed E-state index contributed by atoms with van der Waals surface area (Å²) in [6.45, 7) is 12.4. The Labute approximate surface area is 124 Å². The van der Waals surface area contributed by atoms with Gasteiger partial charge < -0.3 is 21.3 Å². The van der Waals surface area contributed by atoms with Crippen molar-refractivity contribution in [3.63, 3.8) is 0 Å². The van der Waals surface area contributed by atoms with E-state index in [-0.39, 0.29) is 0 Å². The van der Waals surface area contributed by atoms with Gasteiger partial charge in [0, 0.05) is 78.5 Å². The van der Waals surface area contributed by atoms with Crippen molar-refractivity contribution in [2.24, 2.45) is 11.5 Å². The van der Waals surface area contributed by atoms with Crippen molar-refractivity contribution >= 4 is 0 Å². The Morgan fingerprint density at radius 2 is 0.900 bits per heavy atom. The van der Waals surface area contributed by atoms with Crippen molar-refractivity contribution in [3.05, 3.63) is 0 Å². The van der Waals surface area contributed by atoms with E-state index in [9.17, 15) is 0 Å². The van der Waals surface area contributed by atoms with E-state index < -0.39 is 0 Å². The number of hydrogen-bond acceptors (Lipinski definition) is 6. The Morgan fingerprint density at radius 1 is 0.600 bits per heavy atom. The highest BCUT2D eigenvalue weighted by atomic mass is 15.3. The molecule has 0 aromatic carbocycles. The van der Waals surface area contributed by atoms with Gasteiger partial charge in [-0.2, -0.15) is 0 Å². The summed E-state index contributed by atoms with van der Waals surface area (Å²) >= 11 is 0. The van der Waals surface area contributed by atoms with Crippen molar-refractivity contribution in [3.8, 4) is 0 Å². The topological polar surface area (TPSA) is 65.0 Å². The standard InChI is InChI=1S/C14H34N6/c1-17-7-11-19(5-3-15)13-9-18(2)10-14-20(6-4-16)12-8-17/h3-16H2,1-2H3. The van der Waals surface area contributed by atoms with Crippen LogP contribution in [0.5, 0.6) is 0 Å². The Morgan fingerprint density at radius 3 is 1.15 bits per heavy atom. The van der Waals surface area contributed by atoms with E-state index in [4.69, 9.17) is 11.5 Å². The second kappa shape index (κ2) is 10.5. The van der Waals surface area contributed by atoms with Crippen LogP contribution < -0.4 is 11.5 Å². The Kier molecular flexibility index (Phi) is 9.33. The van der Waals surface area contributed by atoms with E-state index in [1.165, 1.54) is 0 Å². The van der Waals surface area contributed by atoms with E-state index in [1.807, 2.05) is 0 Å². The van der Waals surface area contributed by atoms with Gasteiger partial charge in [0.05, 0.1) is 0 Å². The molecule has 0 aromatic heterocycles. The first-order chi connectivity index (χ1) is 9.65. The molecule has 0 amide bonds. The summed E-state index contributed by atoms with van der Waals surface area (Å²) in [6, 6.07) is 0. The molecule has 1 fully saturated rings. The van der Waals surface area contributed by atoms with Crippen molar-refractivity contribution in [2.75, 3.05) is 92.6 Å². The molecule has 0 aromatic rings. The summed E-state index contributed by atoms with van der Waals surface area (Å²) in [5.74, 6) is 0.